The van der Waals surface area contributed by atoms with Crippen LogP contribution >= 0.6 is 27.5 Å². The van der Waals surface area contributed by atoms with Crippen molar-refractivity contribution in [3.05, 3.63) is 69.5 Å². The molecule has 4 heteroatoms. The summed E-state index contributed by atoms with van der Waals surface area (Å²) in [4.78, 5) is 0. The van der Waals surface area contributed by atoms with Gasteiger partial charge >= 0.3 is 0 Å². The number of aromatic nitrogens is 1. The van der Waals surface area contributed by atoms with E-state index < -0.39 is 0 Å². The normalized spacial score (nSPS) is 11.1. The van der Waals surface area contributed by atoms with Crippen LogP contribution in [0.3, 0.4) is 0 Å². The Morgan fingerprint density at radius 1 is 1.16 bits per heavy atom. The molecule has 0 bridgehead atoms. The monoisotopic (exact) mass is 337 g/mol. The summed E-state index contributed by atoms with van der Waals surface area (Å²) in [6.07, 6.45) is 1.99. The van der Waals surface area contributed by atoms with Gasteiger partial charge in [0, 0.05) is 28.7 Å². The SMILES string of the molecule is Fc1ccc(Cn2ccc3c(Cl)cccc32)cc1Br. The highest BCUT2D eigenvalue weighted by Crippen LogP contribution is 2.25. The van der Waals surface area contributed by atoms with E-state index in [0.29, 0.717) is 11.0 Å². The second kappa shape index (κ2) is 4.99. The van der Waals surface area contributed by atoms with E-state index in [2.05, 4.69) is 20.5 Å². The van der Waals surface area contributed by atoms with Crippen molar-refractivity contribution in [1.82, 2.24) is 4.57 Å². The minimum Gasteiger partial charge on any atom is -0.343 e. The topological polar surface area (TPSA) is 4.93 Å². The fourth-order valence-corrected chi connectivity index (χ4v) is 2.82. The van der Waals surface area contributed by atoms with Crippen molar-refractivity contribution < 1.29 is 4.39 Å². The second-order valence-electron chi connectivity index (χ2n) is 4.36. The van der Waals surface area contributed by atoms with Gasteiger partial charge in [-0.2, -0.15) is 0 Å². The Labute approximate surface area is 123 Å². The number of hydrogen-bond donors (Lipinski definition) is 0. The van der Waals surface area contributed by atoms with Crippen LogP contribution in [0.15, 0.2) is 53.1 Å². The van der Waals surface area contributed by atoms with E-state index in [9.17, 15) is 4.39 Å². The average Bonchev–Trinajstić information content (AvgIpc) is 2.79. The summed E-state index contributed by atoms with van der Waals surface area (Å²) in [6.45, 7) is 0.683. The van der Waals surface area contributed by atoms with Crippen molar-refractivity contribution >= 4 is 38.4 Å². The van der Waals surface area contributed by atoms with Crippen LogP contribution in [-0.4, -0.2) is 4.57 Å². The highest BCUT2D eigenvalue weighted by atomic mass is 79.9. The molecule has 0 atom stereocenters. The number of benzene rings is 2. The maximum absolute atomic E-state index is 13.2. The molecule has 0 spiro atoms. The lowest BCUT2D eigenvalue weighted by atomic mass is 10.2. The van der Waals surface area contributed by atoms with E-state index in [4.69, 9.17) is 11.6 Å². The predicted octanol–water partition coefficient (Wildman–Crippen LogP) is 5.24. The van der Waals surface area contributed by atoms with Crippen LogP contribution in [-0.2, 0) is 6.54 Å². The molecule has 1 heterocycles. The molecule has 2 aromatic carbocycles. The Kier molecular flexibility index (Phi) is 3.33. The molecule has 0 fully saturated rings. The molecule has 0 saturated carbocycles. The zero-order valence-corrected chi connectivity index (χ0v) is 12.2. The third kappa shape index (κ3) is 2.40. The Morgan fingerprint density at radius 3 is 2.79 bits per heavy atom. The largest absolute Gasteiger partial charge is 0.343 e. The van der Waals surface area contributed by atoms with Gasteiger partial charge in [0.25, 0.3) is 0 Å². The Balaban J connectivity index is 2.01. The number of hydrogen-bond acceptors (Lipinski definition) is 0. The second-order valence-corrected chi connectivity index (χ2v) is 5.63. The molecule has 0 radical (unpaired) electrons. The van der Waals surface area contributed by atoms with Gasteiger partial charge in [-0.3, -0.25) is 0 Å². The standard InChI is InChI=1S/C15H10BrClFN/c16-12-8-10(4-5-14(12)18)9-19-7-6-11-13(17)2-1-3-15(11)19/h1-8H,9H2. The molecule has 1 nitrogen and oxygen atoms in total. The molecule has 0 saturated heterocycles. The summed E-state index contributed by atoms with van der Waals surface area (Å²) in [5.41, 5.74) is 2.11. The number of nitrogens with zero attached hydrogens (tertiary/aromatic N) is 1. The van der Waals surface area contributed by atoms with E-state index >= 15 is 0 Å². The summed E-state index contributed by atoms with van der Waals surface area (Å²) < 4.78 is 15.8. The quantitative estimate of drug-likeness (QED) is 0.602. The van der Waals surface area contributed by atoms with Crippen molar-refractivity contribution in [2.45, 2.75) is 6.54 Å². The van der Waals surface area contributed by atoms with Gasteiger partial charge < -0.3 is 4.57 Å². The van der Waals surface area contributed by atoms with Gasteiger partial charge in [0.1, 0.15) is 5.82 Å². The number of halogens is 3. The summed E-state index contributed by atoms with van der Waals surface area (Å²) in [5.74, 6) is -0.246. The molecule has 19 heavy (non-hydrogen) atoms. The van der Waals surface area contributed by atoms with Gasteiger partial charge in [-0.05, 0) is 51.8 Å². The van der Waals surface area contributed by atoms with E-state index in [1.165, 1.54) is 6.07 Å². The molecular formula is C15H10BrClFN. The summed E-state index contributed by atoms with van der Waals surface area (Å²) in [6, 6.07) is 12.9. The van der Waals surface area contributed by atoms with Crippen LogP contribution in [0.2, 0.25) is 5.02 Å². The molecule has 0 aliphatic carbocycles. The smallest absolute Gasteiger partial charge is 0.137 e. The van der Waals surface area contributed by atoms with Crippen molar-refractivity contribution in [1.29, 1.82) is 0 Å². The zero-order chi connectivity index (χ0) is 13.4. The van der Waals surface area contributed by atoms with E-state index in [-0.39, 0.29) is 5.82 Å². The number of fused-ring (bicyclic) bond motifs is 1. The minimum atomic E-state index is -0.246. The Morgan fingerprint density at radius 2 is 2.00 bits per heavy atom. The molecule has 0 amide bonds. The molecule has 96 valence electrons. The van der Waals surface area contributed by atoms with Crippen LogP contribution in [0.5, 0.6) is 0 Å². The lowest BCUT2D eigenvalue weighted by Gasteiger charge is -2.07. The lowest BCUT2D eigenvalue weighted by Crippen LogP contribution is -1.98. The first-order valence-electron chi connectivity index (χ1n) is 5.82. The third-order valence-electron chi connectivity index (χ3n) is 3.10. The highest BCUT2D eigenvalue weighted by molar-refractivity contribution is 9.10. The fraction of sp³-hybridized carbons (Fsp3) is 0.0667. The Hall–Kier alpha value is -1.32. The lowest BCUT2D eigenvalue weighted by molar-refractivity contribution is 0.619. The summed E-state index contributed by atoms with van der Waals surface area (Å²) in [7, 11) is 0. The molecular weight excluding hydrogens is 329 g/mol. The summed E-state index contributed by atoms with van der Waals surface area (Å²) in [5, 5.41) is 1.78. The van der Waals surface area contributed by atoms with Crippen LogP contribution in [0.1, 0.15) is 5.56 Å². The van der Waals surface area contributed by atoms with Crippen LogP contribution in [0.25, 0.3) is 10.9 Å². The maximum atomic E-state index is 13.2. The third-order valence-corrected chi connectivity index (χ3v) is 4.03. The molecule has 0 unspecified atom stereocenters. The zero-order valence-electron chi connectivity index (χ0n) is 9.91. The molecule has 3 rings (SSSR count). The first kappa shape index (κ1) is 12.7. The van der Waals surface area contributed by atoms with Crippen molar-refractivity contribution in [3.63, 3.8) is 0 Å². The van der Waals surface area contributed by atoms with Crippen LogP contribution < -0.4 is 0 Å². The van der Waals surface area contributed by atoms with E-state index in [0.717, 1.165) is 21.5 Å². The highest BCUT2D eigenvalue weighted by Gasteiger charge is 2.06. The van der Waals surface area contributed by atoms with E-state index in [1.807, 2.05) is 30.5 Å². The first-order valence-corrected chi connectivity index (χ1v) is 6.99. The molecule has 0 aliphatic rings. The molecule has 3 aromatic rings. The van der Waals surface area contributed by atoms with Crippen molar-refractivity contribution in [3.8, 4) is 0 Å². The van der Waals surface area contributed by atoms with E-state index in [1.54, 1.807) is 12.1 Å². The fourth-order valence-electron chi connectivity index (χ4n) is 2.16. The van der Waals surface area contributed by atoms with Gasteiger partial charge in [-0.1, -0.05) is 23.7 Å². The molecule has 0 aliphatic heterocycles. The van der Waals surface area contributed by atoms with Crippen LogP contribution in [0.4, 0.5) is 4.39 Å². The van der Waals surface area contributed by atoms with Gasteiger partial charge in [-0.15, -0.1) is 0 Å². The van der Waals surface area contributed by atoms with Crippen LogP contribution in [0, 0.1) is 5.82 Å². The first-order chi connectivity index (χ1) is 9.15. The maximum Gasteiger partial charge on any atom is 0.137 e. The minimum absolute atomic E-state index is 0.246. The van der Waals surface area contributed by atoms with Gasteiger partial charge in [0.15, 0.2) is 0 Å². The van der Waals surface area contributed by atoms with Crippen molar-refractivity contribution in [2.75, 3.05) is 0 Å². The summed E-state index contributed by atoms with van der Waals surface area (Å²) >= 11 is 9.36. The predicted molar refractivity (Wildman–Crippen MR) is 80.2 cm³/mol. The molecule has 1 aromatic heterocycles. The average molecular weight is 339 g/mol. The van der Waals surface area contributed by atoms with Crippen molar-refractivity contribution in [2.24, 2.45) is 0 Å². The van der Waals surface area contributed by atoms with Gasteiger partial charge in [0.2, 0.25) is 0 Å². The Bertz CT molecular complexity index is 751. The van der Waals surface area contributed by atoms with Gasteiger partial charge in [0.05, 0.1) is 4.47 Å². The van der Waals surface area contributed by atoms with Gasteiger partial charge in [-0.25, -0.2) is 4.39 Å². The number of rotatable bonds is 2. The molecule has 0 N–H and O–H groups in total.